The summed E-state index contributed by atoms with van der Waals surface area (Å²) < 4.78 is 5.83. The molecule has 0 bridgehead atoms. The Morgan fingerprint density at radius 3 is 2.47 bits per heavy atom. The van der Waals surface area contributed by atoms with Crippen molar-refractivity contribution in [3.63, 3.8) is 0 Å². The molecule has 0 aliphatic rings. The predicted octanol–water partition coefficient (Wildman–Crippen LogP) is 1.97. The van der Waals surface area contributed by atoms with Gasteiger partial charge in [0.1, 0.15) is 17.2 Å². The highest BCUT2D eigenvalue weighted by molar-refractivity contribution is 5.94. The van der Waals surface area contributed by atoms with E-state index in [1.54, 1.807) is 0 Å². The standard InChI is InChI=1S/C12H16N4O/c1-12(2,3)17-8-6-4-5-7-9(8)10(13)16-11(14)15-7/h4-6H,1-3H3,(H4,13,14,15,16). The number of rotatable bonds is 1. The first-order valence-electron chi connectivity index (χ1n) is 5.37. The van der Waals surface area contributed by atoms with Crippen LogP contribution < -0.4 is 16.2 Å². The second kappa shape index (κ2) is 3.76. The minimum absolute atomic E-state index is 0.169. The lowest BCUT2D eigenvalue weighted by molar-refractivity contribution is 0.133. The van der Waals surface area contributed by atoms with Gasteiger partial charge in [-0.3, -0.25) is 0 Å². The van der Waals surface area contributed by atoms with E-state index in [2.05, 4.69) is 9.97 Å². The molecule has 2 rings (SSSR count). The van der Waals surface area contributed by atoms with Gasteiger partial charge < -0.3 is 16.2 Å². The summed E-state index contributed by atoms with van der Waals surface area (Å²) in [6.45, 7) is 5.92. The maximum absolute atomic E-state index is 5.87. The fourth-order valence-electron chi connectivity index (χ4n) is 1.61. The first-order chi connectivity index (χ1) is 7.87. The van der Waals surface area contributed by atoms with Crippen LogP contribution in [0.25, 0.3) is 10.9 Å². The van der Waals surface area contributed by atoms with Gasteiger partial charge in [-0.25, -0.2) is 4.98 Å². The van der Waals surface area contributed by atoms with Crippen LogP contribution in [0.4, 0.5) is 11.8 Å². The number of hydrogen-bond donors (Lipinski definition) is 2. The molecule has 0 aliphatic carbocycles. The minimum atomic E-state index is -0.303. The van der Waals surface area contributed by atoms with Crippen LogP contribution in [0.5, 0.6) is 5.75 Å². The second-order valence-electron chi connectivity index (χ2n) is 4.83. The normalized spacial score (nSPS) is 11.7. The zero-order valence-corrected chi connectivity index (χ0v) is 10.2. The van der Waals surface area contributed by atoms with E-state index in [0.717, 1.165) is 0 Å². The Morgan fingerprint density at radius 2 is 1.82 bits per heavy atom. The number of nitrogen functional groups attached to an aromatic ring is 2. The van der Waals surface area contributed by atoms with Gasteiger partial charge in [-0.05, 0) is 32.9 Å². The fourth-order valence-corrected chi connectivity index (χ4v) is 1.61. The molecule has 0 unspecified atom stereocenters. The van der Waals surface area contributed by atoms with Gasteiger partial charge >= 0.3 is 0 Å². The molecule has 90 valence electrons. The predicted molar refractivity (Wildman–Crippen MR) is 68.7 cm³/mol. The highest BCUT2D eigenvalue weighted by Gasteiger charge is 2.16. The van der Waals surface area contributed by atoms with E-state index in [1.165, 1.54) is 0 Å². The first-order valence-corrected chi connectivity index (χ1v) is 5.37. The third-order valence-electron chi connectivity index (χ3n) is 2.15. The Labute approximate surface area is 99.8 Å². The van der Waals surface area contributed by atoms with E-state index in [1.807, 2.05) is 39.0 Å². The number of fused-ring (bicyclic) bond motifs is 1. The van der Waals surface area contributed by atoms with Gasteiger partial charge in [0.25, 0.3) is 0 Å². The molecule has 0 fully saturated rings. The largest absolute Gasteiger partial charge is 0.487 e. The van der Waals surface area contributed by atoms with Gasteiger partial charge in [-0.15, -0.1) is 0 Å². The number of aromatic nitrogens is 2. The van der Waals surface area contributed by atoms with E-state index < -0.39 is 0 Å². The van der Waals surface area contributed by atoms with Crippen molar-refractivity contribution in [1.82, 2.24) is 9.97 Å². The van der Waals surface area contributed by atoms with Gasteiger partial charge in [-0.1, -0.05) is 6.07 Å². The van der Waals surface area contributed by atoms with Crippen molar-refractivity contribution < 1.29 is 4.74 Å². The van der Waals surface area contributed by atoms with Crippen LogP contribution in [0.2, 0.25) is 0 Å². The summed E-state index contributed by atoms with van der Waals surface area (Å²) in [5, 5.41) is 0.705. The Kier molecular flexibility index (Phi) is 2.53. The molecule has 0 radical (unpaired) electrons. The highest BCUT2D eigenvalue weighted by Crippen LogP contribution is 2.31. The smallest absolute Gasteiger partial charge is 0.222 e. The molecular weight excluding hydrogens is 216 g/mol. The third-order valence-corrected chi connectivity index (χ3v) is 2.15. The van der Waals surface area contributed by atoms with Crippen LogP contribution in [-0.4, -0.2) is 15.6 Å². The first kappa shape index (κ1) is 11.4. The van der Waals surface area contributed by atoms with Crippen molar-refractivity contribution in [2.24, 2.45) is 0 Å². The maximum atomic E-state index is 5.87. The van der Waals surface area contributed by atoms with Crippen LogP contribution in [0.3, 0.4) is 0 Å². The van der Waals surface area contributed by atoms with Crippen LogP contribution in [0.15, 0.2) is 18.2 Å². The van der Waals surface area contributed by atoms with E-state index in [0.29, 0.717) is 22.5 Å². The molecule has 5 nitrogen and oxygen atoms in total. The van der Waals surface area contributed by atoms with Gasteiger partial charge in [0, 0.05) is 0 Å². The Morgan fingerprint density at radius 1 is 1.12 bits per heavy atom. The average Bonchev–Trinajstić information content (AvgIpc) is 2.13. The summed E-state index contributed by atoms with van der Waals surface area (Å²) >= 11 is 0. The summed E-state index contributed by atoms with van der Waals surface area (Å²) in [5.41, 5.74) is 11.8. The molecule has 0 spiro atoms. The molecule has 1 aromatic carbocycles. The number of benzene rings is 1. The van der Waals surface area contributed by atoms with Crippen molar-refractivity contribution in [3.05, 3.63) is 18.2 Å². The van der Waals surface area contributed by atoms with Crippen LogP contribution in [-0.2, 0) is 0 Å². The molecule has 17 heavy (non-hydrogen) atoms. The number of nitrogens with two attached hydrogens (primary N) is 2. The van der Waals surface area contributed by atoms with Crippen molar-refractivity contribution in [2.45, 2.75) is 26.4 Å². The minimum Gasteiger partial charge on any atom is -0.487 e. The quantitative estimate of drug-likeness (QED) is 0.784. The highest BCUT2D eigenvalue weighted by atomic mass is 16.5. The summed E-state index contributed by atoms with van der Waals surface area (Å²) in [6.07, 6.45) is 0. The lowest BCUT2D eigenvalue weighted by Crippen LogP contribution is -2.23. The zero-order chi connectivity index (χ0) is 12.6. The third kappa shape index (κ3) is 2.38. The number of ether oxygens (including phenoxy) is 1. The lowest BCUT2D eigenvalue weighted by Gasteiger charge is -2.22. The number of nitrogens with zero attached hydrogens (tertiary/aromatic N) is 2. The molecule has 1 heterocycles. The van der Waals surface area contributed by atoms with Crippen molar-refractivity contribution in [1.29, 1.82) is 0 Å². The Balaban J connectivity index is 2.65. The Bertz CT molecular complexity index is 560. The van der Waals surface area contributed by atoms with E-state index >= 15 is 0 Å². The summed E-state index contributed by atoms with van der Waals surface area (Å²) in [7, 11) is 0. The lowest BCUT2D eigenvalue weighted by atomic mass is 10.1. The van der Waals surface area contributed by atoms with Gasteiger partial charge in [0.15, 0.2) is 0 Å². The molecule has 2 aromatic rings. The molecule has 0 amide bonds. The second-order valence-corrected chi connectivity index (χ2v) is 4.83. The molecule has 0 saturated carbocycles. The van der Waals surface area contributed by atoms with Gasteiger partial charge in [0.05, 0.1) is 10.9 Å². The van der Waals surface area contributed by atoms with Gasteiger partial charge in [0.2, 0.25) is 5.95 Å². The average molecular weight is 232 g/mol. The monoisotopic (exact) mass is 232 g/mol. The van der Waals surface area contributed by atoms with Crippen LogP contribution in [0.1, 0.15) is 20.8 Å². The SMILES string of the molecule is CC(C)(C)Oc1cccc2nc(N)nc(N)c12. The number of anilines is 2. The Hall–Kier alpha value is -2.04. The van der Waals surface area contributed by atoms with E-state index in [-0.39, 0.29) is 11.5 Å². The summed E-state index contributed by atoms with van der Waals surface area (Å²) in [5.74, 6) is 1.18. The molecule has 0 aliphatic heterocycles. The van der Waals surface area contributed by atoms with Crippen LogP contribution in [0, 0.1) is 0 Å². The summed E-state index contributed by atoms with van der Waals surface area (Å²) in [4.78, 5) is 8.09. The van der Waals surface area contributed by atoms with Crippen LogP contribution >= 0.6 is 0 Å². The zero-order valence-electron chi connectivity index (χ0n) is 10.2. The van der Waals surface area contributed by atoms with Crippen molar-refractivity contribution in [3.8, 4) is 5.75 Å². The summed E-state index contributed by atoms with van der Waals surface area (Å²) in [6, 6.07) is 5.54. The molecule has 0 saturated heterocycles. The fraction of sp³-hybridized carbons (Fsp3) is 0.333. The molecular formula is C12H16N4O. The van der Waals surface area contributed by atoms with E-state index in [9.17, 15) is 0 Å². The van der Waals surface area contributed by atoms with Crippen molar-refractivity contribution >= 4 is 22.7 Å². The van der Waals surface area contributed by atoms with Gasteiger partial charge in [-0.2, -0.15) is 4.98 Å². The van der Waals surface area contributed by atoms with E-state index in [4.69, 9.17) is 16.2 Å². The molecule has 4 N–H and O–H groups in total. The number of hydrogen-bond acceptors (Lipinski definition) is 5. The maximum Gasteiger partial charge on any atom is 0.222 e. The molecule has 1 aromatic heterocycles. The molecule has 5 heteroatoms. The molecule has 0 atom stereocenters. The van der Waals surface area contributed by atoms with Crippen molar-refractivity contribution in [2.75, 3.05) is 11.5 Å². The topological polar surface area (TPSA) is 87.0 Å².